The van der Waals surface area contributed by atoms with E-state index in [9.17, 15) is 9.59 Å². The fraction of sp³-hybridized carbons (Fsp3) is 0.231. The van der Waals surface area contributed by atoms with Gasteiger partial charge in [-0.15, -0.1) is 0 Å². The van der Waals surface area contributed by atoms with E-state index in [1.54, 1.807) is 0 Å². The van der Waals surface area contributed by atoms with E-state index in [1.165, 1.54) is 6.07 Å². The van der Waals surface area contributed by atoms with Gasteiger partial charge in [-0.05, 0) is 17.7 Å². The van der Waals surface area contributed by atoms with Crippen LogP contribution in [0.5, 0.6) is 0 Å². The second kappa shape index (κ2) is 4.74. The summed E-state index contributed by atoms with van der Waals surface area (Å²) in [6.07, 6.45) is 0. The number of benzene rings is 1. The number of rotatable bonds is 3. The molecule has 19 heavy (non-hydrogen) atoms. The summed E-state index contributed by atoms with van der Waals surface area (Å²) < 4.78 is 0. The lowest BCUT2D eigenvalue weighted by atomic mass is 10.0. The molecule has 1 amide bonds. The van der Waals surface area contributed by atoms with Gasteiger partial charge in [-0.1, -0.05) is 12.1 Å². The highest BCUT2D eigenvalue weighted by molar-refractivity contribution is 5.93. The van der Waals surface area contributed by atoms with Crippen molar-refractivity contribution in [1.29, 1.82) is 0 Å². The van der Waals surface area contributed by atoms with Crippen LogP contribution in [0.3, 0.4) is 0 Å². The molecule has 0 unspecified atom stereocenters. The average molecular weight is 258 g/mol. The van der Waals surface area contributed by atoms with Crippen LogP contribution >= 0.6 is 0 Å². The number of nitrogens with one attached hydrogen (secondary N) is 4. The zero-order chi connectivity index (χ0) is 13.2. The van der Waals surface area contributed by atoms with Crippen LogP contribution in [0, 0.1) is 5.92 Å². The molecule has 6 nitrogen and oxygen atoms in total. The number of H-pyrrole nitrogens is 2. The molecule has 0 radical (unpaired) electrons. The molecule has 1 aromatic heterocycles. The van der Waals surface area contributed by atoms with Crippen molar-refractivity contribution in [3.63, 3.8) is 0 Å². The lowest BCUT2D eigenvalue weighted by Gasteiger charge is -2.25. The molecule has 1 fully saturated rings. The standard InChI is InChI=1S/C13H14N4O2/c18-12-5-11(16-17-12)8-1-3-10(4-2-8)15-13(19)9-6-14-7-9/h1-5,9,14H,6-7H2,(H,15,19)(H2,16,17,18). The van der Waals surface area contributed by atoms with Crippen LogP contribution in [0.25, 0.3) is 11.3 Å². The number of carbonyl (C=O) groups excluding carboxylic acids is 1. The quantitative estimate of drug-likeness (QED) is 0.647. The highest BCUT2D eigenvalue weighted by atomic mass is 16.2. The van der Waals surface area contributed by atoms with E-state index in [4.69, 9.17) is 0 Å². The number of hydrogen-bond acceptors (Lipinski definition) is 3. The molecule has 6 heteroatoms. The Morgan fingerprint density at radius 3 is 2.42 bits per heavy atom. The van der Waals surface area contributed by atoms with Crippen LogP contribution in [0.4, 0.5) is 5.69 Å². The normalized spacial score (nSPS) is 14.9. The van der Waals surface area contributed by atoms with E-state index in [1.807, 2.05) is 24.3 Å². The lowest BCUT2D eigenvalue weighted by molar-refractivity contribution is -0.121. The topological polar surface area (TPSA) is 89.8 Å². The predicted molar refractivity (Wildman–Crippen MR) is 71.8 cm³/mol. The van der Waals surface area contributed by atoms with Crippen molar-refractivity contribution in [3.05, 3.63) is 40.7 Å². The maximum absolute atomic E-state index is 11.7. The molecule has 0 spiro atoms. The predicted octanol–water partition coefficient (Wildman–Crippen LogP) is 0.528. The Labute approximate surface area is 109 Å². The number of anilines is 1. The number of carbonyl (C=O) groups is 1. The van der Waals surface area contributed by atoms with Gasteiger partial charge in [0.15, 0.2) is 0 Å². The number of aromatic nitrogens is 2. The molecule has 0 atom stereocenters. The van der Waals surface area contributed by atoms with E-state index in [0.717, 1.165) is 30.0 Å². The van der Waals surface area contributed by atoms with E-state index in [0.29, 0.717) is 0 Å². The van der Waals surface area contributed by atoms with Crippen molar-refractivity contribution < 1.29 is 4.79 Å². The van der Waals surface area contributed by atoms with Crippen LogP contribution in [0.2, 0.25) is 0 Å². The third kappa shape index (κ3) is 2.43. The fourth-order valence-electron chi connectivity index (χ4n) is 1.94. The van der Waals surface area contributed by atoms with Gasteiger partial charge in [-0.2, -0.15) is 0 Å². The van der Waals surface area contributed by atoms with Gasteiger partial charge in [0.2, 0.25) is 5.91 Å². The van der Waals surface area contributed by atoms with E-state index < -0.39 is 0 Å². The summed E-state index contributed by atoms with van der Waals surface area (Å²) >= 11 is 0. The average Bonchev–Trinajstić information content (AvgIpc) is 2.74. The highest BCUT2D eigenvalue weighted by Gasteiger charge is 2.24. The minimum Gasteiger partial charge on any atom is -0.326 e. The molecule has 1 aliphatic heterocycles. The van der Waals surface area contributed by atoms with Crippen molar-refractivity contribution in [2.75, 3.05) is 18.4 Å². The van der Waals surface area contributed by atoms with E-state index in [2.05, 4.69) is 20.8 Å². The molecule has 0 saturated carbocycles. The molecule has 4 N–H and O–H groups in total. The van der Waals surface area contributed by atoms with Gasteiger partial charge in [0.1, 0.15) is 0 Å². The SMILES string of the molecule is O=C(Nc1ccc(-c2cc(=O)[nH][nH]2)cc1)C1CNC1. The Bertz CT molecular complexity index is 637. The molecule has 2 aromatic rings. The Balaban J connectivity index is 1.71. The van der Waals surface area contributed by atoms with Gasteiger partial charge in [-0.25, -0.2) is 0 Å². The van der Waals surface area contributed by atoms with Crippen molar-refractivity contribution in [3.8, 4) is 11.3 Å². The molecule has 3 rings (SSSR count). The van der Waals surface area contributed by atoms with Gasteiger partial charge in [0, 0.05) is 24.8 Å². The van der Waals surface area contributed by atoms with Crippen molar-refractivity contribution in [2.24, 2.45) is 5.92 Å². The summed E-state index contributed by atoms with van der Waals surface area (Å²) in [7, 11) is 0. The molecule has 1 saturated heterocycles. The van der Waals surface area contributed by atoms with Crippen LogP contribution in [-0.4, -0.2) is 29.2 Å². The first-order valence-electron chi connectivity index (χ1n) is 6.12. The van der Waals surface area contributed by atoms with E-state index in [-0.39, 0.29) is 17.4 Å². The molecular formula is C13H14N4O2. The van der Waals surface area contributed by atoms with Gasteiger partial charge < -0.3 is 10.6 Å². The van der Waals surface area contributed by atoms with Gasteiger partial charge in [0.05, 0.1) is 11.6 Å². The first-order chi connectivity index (χ1) is 9.22. The Kier molecular flexibility index (Phi) is 2.92. The molecule has 2 heterocycles. The monoisotopic (exact) mass is 258 g/mol. The van der Waals surface area contributed by atoms with Crippen LogP contribution in [0.1, 0.15) is 0 Å². The number of amides is 1. The zero-order valence-corrected chi connectivity index (χ0v) is 10.2. The molecule has 98 valence electrons. The Morgan fingerprint density at radius 2 is 1.89 bits per heavy atom. The van der Waals surface area contributed by atoms with Crippen molar-refractivity contribution in [2.45, 2.75) is 0 Å². The number of aromatic amines is 2. The summed E-state index contributed by atoms with van der Waals surface area (Å²) in [6.45, 7) is 1.49. The third-order valence-electron chi connectivity index (χ3n) is 3.21. The third-order valence-corrected chi connectivity index (χ3v) is 3.21. The second-order valence-electron chi connectivity index (χ2n) is 4.59. The first-order valence-corrected chi connectivity index (χ1v) is 6.12. The molecule has 1 aliphatic rings. The zero-order valence-electron chi connectivity index (χ0n) is 10.2. The van der Waals surface area contributed by atoms with Gasteiger partial charge in [-0.3, -0.25) is 19.8 Å². The summed E-state index contributed by atoms with van der Waals surface area (Å²) in [4.78, 5) is 22.8. The highest BCUT2D eigenvalue weighted by Crippen LogP contribution is 2.18. The maximum atomic E-state index is 11.7. The fourth-order valence-corrected chi connectivity index (χ4v) is 1.94. The Morgan fingerprint density at radius 1 is 1.16 bits per heavy atom. The minimum absolute atomic E-state index is 0.0431. The van der Waals surface area contributed by atoms with E-state index >= 15 is 0 Å². The van der Waals surface area contributed by atoms with Crippen LogP contribution in [-0.2, 0) is 4.79 Å². The van der Waals surface area contributed by atoms with Crippen molar-refractivity contribution in [1.82, 2.24) is 15.5 Å². The molecule has 0 bridgehead atoms. The minimum atomic E-state index is -0.162. The summed E-state index contributed by atoms with van der Waals surface area (Å²) in [5, 5.41) is 11.2. The lowest BCUT2D eigenvalue weighted by Crippen LogP contribution is -2.48. The molecular weight excluding hydrogens is 244 g/mol. The maximum Gasteiger partial charge on any atom is 0.264 e. The molecule has 0 aliphatic carbocycles. The smallest absolute Gasteiger partial charge is 0.264 e. The second-order valence-corrected chi connectivity index (χ2v) is 4.59. The largest absolute Gasteiger partial charge is 0.326 e. The summed E-state index contributed by atoms with van der Waals surface area (Å²) in [5.74, 6) is 0.113. The van der Waals surface area contributed by atoms with Crippen molar-refractivity contribution >= 4 is 11.6 Å². The summed E-state index contributed by atoms with van der Waals surface area (Å²) in [6, 6.07) is 8.85. The van der Waals surface area contributed by atoms with Gasteiger partial charge in [0.25, 0.3) is 5.56 Å². The number of hydrogen-bond donors (Lipinski definition) is 4. The Hall–Kier alpha value is -2.34. The van der Waals surface area contributed by atoms with Crippen LogP contribution < -0.4 is 16.2 Å². The van der Waals surface area contributed by atoms with Gasteiger partial charge >= 0.3 is 0 Å². The summed E-state index contributed by atoms with van der Waals surface area (Å²) in [5.41, 5.74) is 2.22. The molecule has 1 aromatic carbocycles. The van der Waals surface area contributed by atoms with Crippen LogP contribution in [0.15, 0.2) is 35.1 Å². The first kappa shape index (κ1) is 11.7.